The predicted molar refractivity (Wildman–Crippen MR) is 76.6 cm³/mol. The maximum absolute atomic E-state index is 13.7. The quantitative estimate of drug-likeness (QED) is 0.738. The average molecular weight is 342 g/mol. The van der Waals surface area contributed by atoms with Crippen LogP contribution in [0.5, 0.6) is 5.75 Å². The number of hydrogen-bond acceptors (Lipinski definition) is 5. The summed E-state index contributed by atoms with van der Waals surface area (Å²) in [7, 11) is -2.57. The summed E-state index contributed by atoms with van der Waals surface area (Å²) in [6, 6.07) is 2.97. The van der Waals surface area contributed by atoms with Gasteiger partial charge in [-0.05, 0) is 18.2 Å². The lowest BCUT2D eigenvalue weighted by molar-refractivity contribution is -0.143. The third-order valence-corrected chi connectivity index (χ3v) is 5.87. The topological polar surface area (TPSA) is 84.0 Å². The molecular weight excluding hydrogens is 327 g/mol. The predicted octanol–water partition coefficient (Wildman–Crippen LogP) is 0.356. The van der Waals surface area contributed by atoms with E-state index in [9.17, 15) is 22.4 Å². The van der Waals surface area contributed by atoms with Gasteiger partial charge >= 0.3 is 0 Å². The van der Waals surface area contributed by atoms with Crippen molar-refractivity contribution >= 4 is 21.8 Å². The van der Waals surface area contributed by atoms with E-state index < -0.39 is 21.9 Å². The second kappa shape index (κ2) is 5.57. The van der Waals surface area contributed by atoms with Crippen molar-refractivity contribution in [1.29, 1.82) is 0 Å². The van der Waals surface area contributed by atoms with Crippen LogP contribution in [0.1, 0.15) is 12.8 Å². The van der Waals surface area contributed by atoms with E-state index in [1.807, 2.05) is 0 Å². The number of ether oxygens (including phenoxy) is 1. The Hall–Kier alpha value is -2.00. The number of nitrogens with zero attached hydrogens (tertiary/aromatic N) is 2. The van der Waals surface area contributed by atoms with E-state index in [4.69, 9.17) is 4.74 Å². The minimum Gasteiger partial charge on any atom is -0.494 e. The highest BCUT2D eigenvalue weighted by Gasteiger charge is 2.45. The second-order valence-electron chi connectivity index (χ2n) is 5.43. The monoisotopic (exact) mass is 342 g/mol. The van der Waals surface area contributed by atoms with Gasteiger partial charge in [-0.1, -0.05) is 0 Å². The van der Waals surface area contributed by atoms with Gasteiger partial charge in [0.25, 0.3) is 0 Å². The third kappa shape index (κ3) is 2.59. The van der Waals surface area contributed by atoms with Gasteiger partial charge in [0.2, 0.25) is 21.8 Å². The number of rotatable bonds is 4. The van der Waals surface area contributed by atoms with Gasteiger partial charge in [-0.3, -0.25) is 14.5 Å². The van der Waals surface area contributed by atoms with Crippen LogP contribution < -0.4 is 4.74 Å². The Bertz CT molecular complexity index is 757. The molecular formula is C14H15FN2O5S. The molecule has 0 spiro atoms. The number of benzene rings is 1. The van der Waals surface area contributed by atoms with E-state index in [-0.39, 0.29) is 48.4 Å². The Morgan fingerprint density at radius 2 is 1.78 bits per heavy atom. The van der Waals surface area contributed by atoms with Gasteiger partial charge in [0.15, 0.2) is 11.6 Å². The van der Waals surface area contributed by atoms with E-state index in [1.165, 1.54) is 19.2 Å². The Labute approximate surface area is 132 Å². The molecule has 7 nitrogen and oxygen atoms in total. The molecule has 0 N–H and O–H groups in total. The van der Waals surface area contributed by atoms with Crippen molar-refractivity contribution in [1.82, 2.24) is 9.21 Å². The first kappa shape index (κ1) is 15.9. The number of amides is 2. The SMILES string of the molecule is COc1ccc(S(=O)(=O)N2CC(N3C(=O)CCC3=O)C2)cc1F. The zero-order valence-corrected chi connectivity index (χ0v) is 13.2. The minimum atomic E-state index is -3.86. The first-order chi connectivity index (χ1) is 10.8. The number of carbonyl (C=O) groups excluding carboxylic acids is 2. The molecule has 2 amide bonds. The number of carbonyl (C=O) groups is 2. The van der Waals surface area contributed by atoms with Crippen molar-refractivity contribution in [2.45, 2.75) is 23.8 Å². The van der Waals surface area contributed by atoms with Gasteiger partial charge in [0, 0.05) is 25.9 Å². The number of sulfonamides is 1. The van der Waals surface area contributed by atoms with E-state index in [1.54, 1.807) is 0 Å². The smallest absolute Gasteiger partial charge is 0.243 e. The average Bonchev–Trinajstić information content (AvgIpc) is 2.77. The van der Waals surface area contributed by atoms with Crippen LogP contribution in [0.3, 0.4) is 0 Å². The lowest BCUT2D eigenvalue weighted by atomic mass is 10.1. The molecule has 1 aromatic carbocycles. The van der Waals surface area contributed by atoms with Crippen LogP contribution in [0.25, 0.3) is 0 Å². The van der Waals surface area contributed by atoms with Crippen molar-refractivity contribution < 1.29 is 27.1 Å². The highest BCUT2D eigenvalue weighted by molar-refractivity contribution is 7.89. The van der Waals surface area contributed by atoms with Crippen molar-refractivity contribution in [2.24, 2.45) is 0 Å². The van der Waals surface area contributed by atoms with Crippen LogP contribution in [0.15, 0.2) is 23.1 Å². The van der Waals surface area contributed by atoms with Crippen molar-refractivity contribution in [3.05, 3.63) is 24.0 Å². The van der Waals surface area contributed by atoms with Crippen LogP contribution in [-0.2, 0) is 19.6 Å². The zero-order chi connectivity index (χ0) is 16.8. The van der Waals surface area contributed by atoms with Gasteiger partial charge in [-0.25, -0.2) is 12.8 Å². The summed E-state index contributed by atoms with van der Waals surface area (Å²) in [5, 5.41) is 0. The molecule has 0 aromatic heterocycles. The normalized spacial score (nSPS) is 20.0. The van der Waals surface area contributed by atoms with E-state index in [0.717, 1.165) is 15.3 Å². The lowest BCUT2D eigenvalue weighted by Gasteiger charge is -2.41. The Morgan fingerprint density at radius 3 is 2.30 bits per heavy atom. The van der Waals surface area contributed by atoms with E-state index >= 15 is 0 Å². The first-order valence-corrected chi connectivity index (χ1v) is 8.47. The summed E-state index contributed by atoms with van der Waals surface area (Å²) in [5.41, 5.74) is 0. The molecule has 124 valence electrons. The molecule has 2 heterocycles. The Morgan fingerprint density at radius 1 is 1.17 bits per heavy atom. The molecule has 3 rings (SSSR count). The third-order valence-electron chi connectivity index (χ3n) is 4.05. The number of methoxy groups -OCH3 is 1. The van der Waals surface area contributed by atoms with Gasteiger partial charge in [-0.15, -0.1) is 0 Å². The van der Waals surface area contributed by atoms with E-state index in [2.05, 4.69) is 0 Å². The molecule has 0 radical (unpaired) electrons. The molecule has 2 fully saturated rings. The maximum Gasteiger partial charge on any atom is 0.243 e. The fourth-order valence-electron chi connectivity index (χ4n) is 2.73. The maximum atomic E-state index is 13.7. The van der Waals surface area contributed by atoms with Gasteiger partial charge in [-0.2, -0.15) is 4.31 Å². The van der Waals surface area contributed by atoms with Crippen LogP contribution in [0.2, 0.25) is 0 Å². The minimum absolute atomic E-state index is 0.0352. The lowest BCUT2D eigenvalue weighted by Crippen LogP contribution is -2.62. The van der Waals surface area contributed by atoms with Gasteiger partial charge < -0.3 is 4.74 Å². The zero-order valence-electron chi connectivity index (χ0n) is 12.4. The van der Waals surface area contributed by atoms with E-state index in [0.29, 0.717) is 0 Å². The molecule has 2 aliphatic rings. The summed E-state index contributed by atoms with van der Waals surface area (Å²) in [5.74, 6) is -1.35. The van der Waals surface area contributed by atoms with Crippen LogP contribution in [0, 0.1) is 5.82 Å². The highest BCUT2D eigenvalue weighted by atomic mass is 32.2. The molecule has 2 aliphatic heterocycles. The number of hydrogen-bond donors (Lipinski definition) is 0. The summed E-state index contributed by atoms with van der Waals surface area (Å²) in [6.07, 6.45) is 0.345. The summed E-state index contributed by atoms with van der Waals surface area (Å²) < 4.78 is 44.4. The van der Waals surface area contributed by atoms with Crippen molar-refractivity contribution in [3.8, 4) is 5.75 Å². The molecule has 23 heavy (non-hydrogen) atoms. The first-order valence-electron chi connectivity index (χ1n) is 7.03. The number of likely N-dealkylation sites (tertiary alicyclic amines) is 1. The fraction of sp³-hybridized carbons (Fsp3) is 0.429. The molecule has 2 saturated heterocycles. The summed E-state index contributed by atoms with van der Waals surface area (Å²) >= 11 is 0. The molecule has 0 unspecified atom stereocenters. The summed E-state index contributed by atoms with van der Waals surface area (Å²) in [6.45, 7) is 0.0704. The number of imide groups is 1. The molecule has 9 heteroatoms. The van der Waals surface area contributed by atoms with Gasteiger partial charge in [0.05, 0.1) is 18.0 Å². The van der Waals surface area contributed by atoms with Crippen molar-refractivity contribution in [3.63, 3.8) is 0 Å². The Kier molecular flexibility index (Phi) is 3.85. The van der Waals surface area contributed by atoms with Crippen LogP contribution in [-0.4, -0.2) is 55.7 Å². The van der Waals surface area contributed by atoms with Crippen LogP contribution in [0.4, 0.5) is 4.39 Å². The standard InChI is InChI=1S/C14H15FN2O5S/c1-22-12-3-2-10(6-11(12)15)23(20,21)16-7-9(8-16)17-13(18)4-5-14(17)19/h2-3,6,9H,4-5,7-8H2,1H3. The molecule has 0 aliphatic carbocycles. The highest BCUT2D eigenvalue weighted by Crippen LogP contribution is 2.29. The van der Waals surface area contributed by atoms with Crippen LogP contribution >= 0.6 is 0 Å². The van der Waals surface area contributed by atoms with Gasteiger partial charge in [0.1, 0.15) is 0 Å². The molecule has 0 atom stereocenters. The number of halogens is 1. The van der Waals surface area contributed by atoms with Crippen molar-refractivity contribution in [2.75, 3.05) is 20.2 Å². The molecule has 0 bridgehead atoms. The largest absolute Gasteiger partial charge is 0.494 e. The summed E-state index contributed by atoms with van der Waals surface area (Å²) in [4.78, 5) is 24.2. The second-order valence-corrected chi connectivity index (χ2v) is 7.37. The molecule has 1 aromatic rings. The molecule has 0 saturated carbocycles. The Balaban J connectivity index is 1.74. The fourth-order valence-corrected chi connectivity index (χ4v) is 4.26.